The zero-order valence-corrected chi connectivity index (χ0v) is 11.6. The summed E-state index contributed by atoms with van der Waals surface area (Å²) in [6.07, 6.45) is 0. The van der Waals surface area contributed by atoms with Gasteiger partial charge in [0.1, 0.15) is 0 Å². The maximum absolute atomic E-state index is 5.09. The van der Waals surface area contributed by atoms with E-state index >= 15 is 0 Å². The van der Waals surface area contributed by atoms with Crippen LogP contribution >= 0.6 is 0 Å². The molecule has 100 valence electrons. The molecule has 0 aliphatic rings. The van der Waals surface area contributed by atoms with Gasteiger partial charge in [-0.25, -0.2) is 9.97 Å². The van der Waals surface area contributed by atoms with Gasteiger partial charge in [-0.2, -0.15) is 0 Å². The normalized spacial score (nSPS) is 10.5. The Morgan fingerprint density at radius 3 is 2.16 bits per heavy atom. The van der Waals surface area contributed by atoms with Gasteiger partial charge in [-0.15, -0.1) is 0 Å². The van der Waals surface area contributed by atoms with Gasteiger partial charge < -0.3 is 10.1 Å². The van der Waals surface area contributed by atoms with E-state index in [0.717, 1.165) is 17.9 Å². The van der Waals surface area contributed by atoms with Gasteiger partial charge in [0.25, 0.3) is 0 Å². The van der Waals surface area contributed by atoms with Crippen LogP contribution in [0.4, 0.5) is 5.95 Å². The number of nitrogens with zero attached hydrogens (tertiary/aromatic N) is 2. The summed E-state index contributed by atoms with van der Waals surface area (Å²) in [5.74, 6) is 0.679. The summed E-state index contributed by atoms with van der Waals surface area (Å²) in [5.41, 5.74) is 4.33. The third-order valence-electron chi connectivity index (χ3n) is 2.77. The molecule has 1 heterocycles. The lowest BCUT2D eigenvalue weighted by molar-refractivity contribution is 0.185. The largest absolute Gasteiger partial charge is 0.380 e. The van der Waals surface area contributed by atoms with Crippen molar-refractivity contribution in [2.24, 2.45) is 0 Å². The smallest absolute Gasteiger partial charge is 0.223 e. The van der Waals surface area contributed by atoms with Crippen molar-refractivity contribution in [2.45, 2.75) is 27.0 Å². The van der Waals surface area contributed by atoms with Gasteiger partial charge >= 0.3 is 0 Å². The maximum atomic E-state index is 5.09. The molecule has 4 nitrogen and oxygen atoms in total. The molecule has 0 atom stereocenters. The van der Waals surface area contributed by atoms with Crippen molar-refractivity contribution in [3.63, 3.8) is 0 Å². The molecule has 1 aromatic carbocycles. The van der Waals surface area contributed by atoms with E-state index in [0.29, 0.717) is 12.6 Å². The van der Waals surface area contributed by atoms with Crippen molar-refractivity contribution < 1.29 is 4.74 Å². The predicted molar refractivity (Wildman–Crippen MR) is 76.0 cm³/mol. The zero-order chi connectivity index (χ0) is 13.7. The third kappa shape index (κ3) is 4.03. The number of nitrogens with one attached hydrogen (secondary N) is 1. The predicted octanol–water partition coefficient (Wildman–Crippen LogP) is 2.85. The van der Waals surface area contributed by atoms with E-state index in [1.165, 1.54) is 11.1 Å². The van der Waals surface area contributed by atoms with Gasteiger partial charge in [-0.05, 0) is 31.0 Å². The van der Waals surface area contributed by atoms with Crippen molar-refractivity contribution >= 4 is 5.95 Å². The summed E-state index contributed by atoms with van der Waals surface area (Å²) in [7, 11) is 1.70. The summed E-state index contributed by atoms with van der Waals surface area (Å²) in [5, 5.41) is 3.24. The van der Waals surface area contributed by atoms with Crippen LogP contribution in [0.1, 0.15) is 22.5 Å². The molecule has 0 aliphatic heterocycles. The summed E-state index contributed by atoms with van der Waals surface area (Å²) < 4.78 is 5.09. The molecule has 0 unspecified atom stereocenters. The molecule has 0 saturated carbocycles. The Hall–Kier alpha value is -1.94. The molecule has 1 N–H and O–H groups in total. The van der Waals surface area contributed by atoms with Crippen LogP contribution in [0, 0.1) is 13.8 Å². The van der Waals surface area contributed by atoms with Crippen LogP contribution in [0.5, 0.6) is 0 Å². The number of benzene rings is 1. The Balaban J connectivity index is 1.98. The highest BCUT2D eigenvalue weighted by Gasteiger charge is 2.00. The van der Waals surface area contributed by atoms with E-state index in [1.54, 1.807) is 7.11 Å². The molecule has 0 aliphatic carbocycles. The number of rotatable bonds is 5. The highest BCUT2D eigenvalue weighted by atomic mass is 16.5. The van der Waals surface area contributed by atoms with E-state index in [-0.39, 0.29) is 0 Å². The van der Waals surface area contributed by atoms with E-state index in [4.69, 9.17) is 4.74 Å². The van der Waals surface area contributed by atoms with Crippen LogP contribution in [0.3, 0.4) is 0 Å². The maximum Gasteiger partial charge on any atom is 0.223 e. The summed E-state index contributed by atoms with van der Waals surface area (Å²) in [6.45, 7) is 5.31. The van der Waals surface area contributed by atoms with E-state index < -0.39 is 0 Å². The number of anilines is 1. The molecule has 1 aromatic heterocycles. The van der Waals surface area contributed by atoms with Gasteiger partial charge in [-0.1, -0.05) is 24.3 Å². The second-order valence-corrected chi connectivity index (χ2v) is 4.58. The second kappa shape index (κ2) is 6.29. The first-order valence-electron chi connectivity index (χ1n) is 6.30. The Labute approximate surface area is 113 Å². The minimum absolute atomic E-state index is 0.647. The molecule has 2 aromatic rings. The molecule has 0 spiro atoms. The van der Waals surface area contributed by atoms with Gasteiger partial charge in [0.2, 0.25) is 5.95 Å². The average molecular weight is 257 g/mol. The molecule has 0 bridgehead atoms. The minimum atomic E-state index is 0.647. The van der Waals surface area contributed by atoms with Crippen LogP contribution in [-0.4, -0.2) is 17.1 Å². The van der Waals surface area contributed by atoms with E-state index in [9.17, 15) is 0 Å². The highest BCUT2D eigenvalue weighted by Crippen LogP contribution is 2.09. The van der Waals surface area contributed by atoms with Crippen molar-refractivity contribution in [1.29, 1.82) is 0 Å². The third-order valence-corrected chi connectivity index (χ3v) is 2.77. The summed E-state index contributed by atoms with van der Waals surface area (Å²) in [4.78, 5) is 8.71. The minimum Gasteiger partial charge on any atom is -0.380 e. The lowest BCUT2D eigenvalue weighted by Gasteiger charge is -2.07. The zero-order valence-electron chi connectivity index (χ0n) is 11.6. The molecule has 0 radical (unpaired) electrons. The number of hydrogen-bond donors (Lipinski definition) is 1. The van der Waals surface area contributed by atoms with E-state index in [1.807, 2.05) is 19.9 Å². The Morgan fingerprint density at radius 1 is 1.00 bits per heavy atom. The molecule has 0 saturated heterocycles. The quantitative estimate of drug-likeness (QED) is 0.894. The van der Waals surface area contributed by atoms with Crippen LogP contribution in [0.25, 0.3) is 0 Å². The number of aromatic nitrogens is 2. The molecule has 0 amide bonds. The van der Waals surface area contributed by atoms with Gasteiger partial charge in [0, 0.05) is 25.0 Å². The van der Waals surface area contributed by atoms with Crippen molar-refractivity contribution in [3.8, 4) is 0 Å². The SMILES string of the molecule is COCc1ccc(CNc2nc(C)cc(C)n2)cc1. The molecular weight excluding hydrogens is 238 g/mol. The Bertz CT molecular complexity index is 517. The Kier molecular flexibility index (Phi) is 4.47. The number of methoxy groups -OCH3 is 1. The van der Waals surface area contributed by atoms with Crippen molar-refractivity contribution in [1.82, 2.24) is 9.97 Å². The lowest BCUT2D eigenvalue weighted by Crippen LogP contribution is -2.05. The van der Waals surface area contributed by atoms with Crippen molar-refractivity contribution in [2.75, 3.05) is 12.4 Å². The molecule has 4 heteroatoms. The fraction of sp³-hybridized carbons (Fsp3) is 0.333. The standard InChI is InChI=1S/C15H19N3O/c1-11-8-12(2)18-15(17-11)16-9-13-4-6-14(7-5-13)10-19-3/h4-8H,9-10H2,1-3H3,(H,16,17,18). The van der Waals surface area contributed by atoms with Crippen LogP contribution in [0.2, 0.25) is 0 Å². The first-order chi connectivity index (χ1) is 9.17. The summed E-state index contributed by atoms with van der Waals surface area (Å²) >= 11 is 0. The topological polar surface area (TPSA) is 47.0 Å². The number of aryl methyl sites for hydroxylation is 2. The van der Waals surface area contributed by atoms with Crippen molar-refractivity contribution in [3.05, 3.63) is 52.8 Å². The fourth-order valence-corrected chi connectivity index (χ4v) is 1.91. The average Bonchev–Trinajstić information content (AvgIpc) is 2.37. The Morgan fingerprint density at radius 2 is 1.58 bits per heavy atom. The number of ether oxygens (including phenoxy) is 1. The van der Waals surface area contributed by atoms with Crippen LogP contribution in [-0.2, 0) is 17.9 Å². The lowest BCUT2D eigenvalue weighted by atomic mass is 10.1. The molecule has 0 fully saturated rings. The summed E-state index contributed by atoms with van der Waals surface area (Å²) in [6, 6.07) is 10.3. The first-order valence-corrected chi connectivity index (χ1v) is 6.30. The van der Waals surface area contributed by atoms with Crippen LogP contribution in [0.15, 0.2) is 30.3 Å². The second-order valence-electron chi connectivity index (χ2n) is 4.58. The van der Waals surface area contributed by atoms with Gasteiger partial charge in [-0.3, -0.25) is 0 Å². The van der Waals surface area contributed by atoms with Gasteiger partial charge in [0.15, 0.2) is 0 Å². The molecule has 2 rings (SSSR count). The first kappa shape index (κ1) is 13.5. The highest BCUT2D eigenvalue weighted by molar-refractivity contribution is 5.31. The fourth-order valence-electron chi connectivity index (χ4n) is 1.91. The monoisotopic (exact) mass is 257 g/mol. The molecular formula is C15H19N3O. The molecule has 19 heavy (non-hydrogen) atoms. The van der Waals surface area contributed by atoms with Gasteiger partial charge in [0.05, 0.1) is 6.61 Å². The van der Waals surface area contributed by atoms with Crippen LogP contribution < -0.4 is 5.32 Å². The number of hydrogen-bond acceptors (Lipinski definition) is 4. The van der Waals surface area contributed by atoms with E-state index in [2.05, 4.69) is 39.6 Å².